The lowest BCUT2D eigenvalue weighted by atomic mass is 10.1. The van der Waals surface area contributed by atoms with Gasteiger partial charge in [0.15, 0.2) is 0 Å². The van der Waals surface area contributed by atoms with Gasteiger partial charge in [-0.15, -0.1) is 0 Å². The molecule has 0 saturated heterocycles. The fourth-order valence-corrected chi connectivity index (χ4v) is 2.07. The SMILES string of the molecule is CC(NC(=O)c1ccnc(C(=O)O)c1)c1ccc(Br)cc1. The molecule has 2 aromatic rings. The molecule has 2 N–H and O–H groups in total. The number of amides is 1. The summed E-state index contributed by atoms with van der Waals surface area (Å²) in [4.78, 5) is 26.7. The topological polar surface area (TPSA) is 79.3 Å². The largest absolute Gasteiger partial charge is 0.477 e. The Morgan fingerprint density at radius 2 is 1.90 bits per heavy atom. The van der Waals surface area contributed by atoms with Crippen LogP contribution in [0.3, 0.4) is 0 Å². The van der Waals surface area contributed by atoms with Gasteiger partial charge in [-0.3, -0.25) is 4.79 Å². The van der Waals surface area contributed by atoms with Crippen molar-refractivity contribution in [3.8, 4) is 0 Å². The molecular formula is C15H13BrN2O3. The summed E-state index contributed by atoms with van der Waals surface area (Å²) in [6.07, 6.45) is 1.31. The normalized spacial score (nSPS) is 11.7. The third-order valence-corrected chi connectivity index (χ3v) is 3.49. The minimum atomic E-state index is -1.16. The molecule has 1 heterocycles. The number of carboxylic acid groups (broad SMARTS) is 1. The van der Waals surface area contributed by atoms with Gasteiger partial charge in [0.05, 0.1) is 6.04 Å². The van der Waals surface area contributed by atoms with E-state index in [1.54, 1.807) is 0 Å². The zero-order valence-electron chi connectivity index (χ0n) is 11.2. The van der Waals surface area contributed by atoms with E-state index in [9.17, 15) is 9.59 Å². The maximum absolute atomic E-state index is 12.1. The zero-order valence-corrected chi connectivity index (χ0v) is 12.8. The van der Waals surface area contributed by atoms with Crippen LogP contribution in [0.2, 0.25) is 0 Å². The molecule has 0 fully saturated rings. The molecule has 2 rings (SSSR count). The van der Waals surface area contributed by atoms with Gasteiger partial charge in [0.2, 0.25) is 0 Å². The van der Waals surface area contributed by atoms with Gasteiger partial charge in [0.25, 0.3) is 5.91 Å². The molecule has 1 amide bonds. The number of aromatic nitrogens is 1. The molecule has 21 heavy (non-hydrogen) atoms. The van der Waals surface area contributed by atoms with Crippen molar-refractivity contribution >= 4 is 27.8 Å². The second-order valence-electron chi connectivity index (χ2n) is 4.48. The molecule has 0 aliphatic rings. The van der Waals surface area contributed by atoms with Crippen LogP contribution in [0, 0.1) is 0 Å². The summed E-state index contributed by atoms with van der Waals surface area (Å²) in [5.41, 5.74) is 1.07. The van der Waals surface area contributed by atoms with Crippen molar-refractivity contribution in [3.63, 3.8) is 0 Å². The molecule has 0 spiro atoms. The molecule has 6 heteroatoms. The highest BCUT2D eigenvalue weighted by molar-refractivity contribution is 9.10. The van der Waals surface area contributed by atoms with Gasteiger partial charge >= 0.3 is 5.97 Å². The predicted octanol–water partition coefficient (Wildman–Crippen LogP) is 3.03. The molecule has 0 saturated carbocycles. The Kier molecular flexibility index (Phi) is 4.70. The summed E-state index contributed by atoms with van der Waals surface area (Å²) in [5.74, 6) is -1.50. The van der Waals surface area contributed by atoms with Gasteiger partial charge in [-0.25, -0.2) is 9.78 Å². The summed E-state index contributed by atoms with van der Waals surface area (Å²) in [6, 6.07) is 10.2. The van der Waals surface area contributed by atoms with Crippen molar-refractivity contribution in [2.75, 3.05) is 0 Å². The third-order valence-electron chi connectivity index (χ3n) is 2.96. The maximum atomic E-state index is 12.1. The molecule has 0 bridgehead atoms. The molecule has 1 aromatic heterocycles. The Morgan fingerprint density at radius 1 is 1.24 bits per heavy atom. The number of nitrogens with zero attached hydrogens (tertiary/aromatic N) is 1. The fraction of sp³-hybridized carbons (Fsp3) is 0.133. The molecule has 1 unspecified atom stereocenters. The van der Waals surface area contributed by atoms with Crippen molar-refractivity contribution in [1.82, 2.24) is 10.3 Å². The van der Waals surface area contributed by atoms with Crippen molar-refractivity contribution in [2.45, 2.75) is 13.0 Å². The van der Waals surface area contributed by atoms with E-state index in [2.05, 4.69) is 26.2 Å². The molecule has 108 valence electrons. The second-order valence-corrected chi connectivity index (χ2v) is 5.40. The molecular weight excluding hydrogens is 336 g/mol. The number of pyridine rings is 1. The molecule has 0 radical (unpaired) electrons. The van der Waals surface area contributed by atoms with Crippen LogP contribution in [0.15, 0.2) is 47.1 Å². The van der Waals surface area contributed by atoms with Crippen LogP contribution in [-0.4, -0.2) is 22.0 Å². The monoisotopic (exact) mass is 348 g/mol. The Balaban J connectivity index is 2.12. The first kappa shape index (κ1) is 15.2. The first-order chi connectivity index (χ1) is 9.97. The number of halogens is 1. The Hall–Kier alpha value is -2.21. The number of rotatable bonds is 4. The number of nitrogens with one attached hydrogen (secondary N) is 1. The molecule has 1 atom stereocenters. The number of hydrogen-bond donors (Lipinski definition) is 2. The Labute approximate surface area is 130 Å². The minimum Gasteiger partial charge on any atom is -0.477 e. The van der Waals surface area contributed by atoms with E-state index in [1.807, 2.05) is 31.2 Å². The van der Waals surface area contributed by atoms with Crippen LogP contribution in [0.25, 0.3) is 0 Å². The van der Waals surface area contributed by atoms with Gasteiger partial charge in [0, 0.05) is 16.2 Å². The van der Waals surface area contributed by atoms with Gasteiger partial charge in [0.1, 0.15) is 5.69 Å². The van der Waals surface area contributed by atoms with Gasteiger partial charge in [-0.05, 0) is 36.8 Å². The van der Waals surface area contributed by atoms with Gasteiger partial charge in [-0.2, -0.15) is 0 Å². The average molecular weight is 349 g/mol. The highest BCUT2D eigenvalue weighted by Gasteiger charge is 2.13. The van der Waals surface area contributed by atoms with Gasteiger partial charge in [-0.1, -0.05) is 28.1 Å². The number of aromatic carboxylic acids is 1. The zero-order chi connectivity index (χ0) is 15.4. The summed E-state index contributed by atoms with van der Waals surface area (Å²) in [6.45, 7) is 1.86. The highest BCUT2D eigenvalue weighted by Crippen LogP contribution is 2.17. The highest BCUT2D eigenvalue weighted by atomic mass is 79.9. The van der Waals surface area contributed by atoms with E-state index >= 15 is 0 Å². The van der Waals surface area contributed by atoms with Crippen LogP contribution in [0.4, 0.5) is 0 Å². The summed E-state index contributed by atoms with van der Waals surface area (Å²) in [5, 5.41) is 11.7. The van der Waals surface area contributed by atoms with Crippen molar-refractivity contribution < 1.29 is 14.7 Å². The first-order valence-electron chi connectivity index (χ1n) is 6.23. The van der Waals surface area contributed by atoms with Crippen molar-refractivity contribution in [1.29, 1.82) is 0 Å². The van der Waals surface area contributed by atoms with Crippen molar-refractivity contribution in [2.24, 2.45) is 0 Å². The van der Waals surface area contributed by atoms with Crippen LogP contribution < -0.4 is 5.32 Å². The van der Waals surface area contributed by atoms with E-state index < -0.39 is 5.97 Å². The fourth-order valence-electron chi connectivity index (χ4n) is 1.80. The summed E-state index contributed by atoms with van der Waals surface area (Å²) < 4.78 is 0.963. The van der Waals surface area contributed by atoms with E-state index in [4.69, 9.17) is 5.11 Å². The number of carbonyl (C=O) groups excluding carboxylic acids is 1. The van der Waals surface area contributed by atoms with Crippen LogP contribution in [0.1, 0.15) is 39.4 Å². The van der Waals surface area contributed by atoms with E-state index in [-0.39, 0.29) is 23.2 Å². The second kappa shape index (κ2) is 6.49. The lowest BCUT2D eigenvalue weighted by Crippen LogP contribution is -2.26. The lowest BCUT2D eigenvalue weighted by Gasteiger charge is -2.14. The maximum Gasteiger partial charge on any atom is 0.354 e. The number of hydrogen-bond acceptors (Lipinski definition) is 3. The lowest BCUT2D eigenvalue weighted by molar-refractivity contribution is 0.0690. The minimum absolute atomic E-state index is 0.154. The molecule has 0 aliphatic carbocycles. The predicted molar refractivity (Wildman–Crippen MR) is 81.2 cm³/mol. The first-order valence-corrected chi connectivity index (χ1v) is 7.02. The summed E-state index contributed by atoms with van der Waals surface area (Å²) >= 11 is 3.35. The van der Waals surface area contributed by atoms with Crippen LogP contribution in [0.5, 0.6) is 0 Å². The Bertz CT molecular complexity index is 671. The quantitative estimate of drug-likeness (QED) is 0.889. The smallest absolute Gasteiger partial charge is 0.354 e. The van der Waals surface area contributed by atoms with Crippen LogP contribution in [-0.2, 0) is 0 Å². The van der Waals surface area contributed by atoms with Crippen molar-refractivity contribution in [3.05, 3.63) is 63.9 Å². The molecule has 0 aliphatic heterocycles. The number of benzene rings is 1. The van der Waals surface area contributed by atoms with Crippen LogP contribution >= 0.6 is 15.9 Å². The average Bonchev–Trinajstić information content (AvgIpc) is 2.48. The Morgan fingerprint density at radius 3 is 2.52 bits per heavy atom. The molecule has 1 aromatic carbocycles. The van der Waals surface area contributed by atoms with E-state index in [0.717, 1.165) is 10.0 Å². The number of carbonyl (C=O) groups is 2. The van der Waals surface area contributed by atoms with E-state index in [1.165, 1.54) is 18.3 Å². The standard InChI is InChI=1S/C15H13BrN2O3/c1-9(10-2-4-12(16)5-3-10)18-14(19)11-6-7-17-13(8-11)15(20)21/h2-9H,1H3,(H,18,19)(H,20,21). The van der Waals surface area contributed by atoms with Gasteiger partial charge < -0.3 is 10.4 Å². The van der Waals surface area contributed by atoms with E-state index in [0.29, 0.717) is 0 Å². The third kappa shape index (κ3) is 3.88. The number of carboxylic acids is 1. The summed E-state index contributed by atoms with van der Waals surface area (Å²) in [7, 11) is 0. The molecule has 5 nitrogen and oxygen atoms in total.